The number of nitrogens with zero attached hydrogens (tertiary/aromatic N) is 3. The Morgan fingerprint density at radius 2 is 1.23 bits per heavy atom. The Bertz CT molecular complexity index is 3990. The molecule has 12 rings (SSSR count). The number of pyridine rings is 1. The molecule has 3 heterocycles. The van der Waals surface area contributed by atoms with E-state index in [1.54, 1.807) is 30.3 Å². The van der Waals surface area contributed by atoms with Crippen LogP contribution in [-0.2, 0) is 31.7 Å². The number of hydrogen-bond donors (Lipinski definition) is 0. The Labute approximate surface area is 436 Å². The summed E-state index contributed by atoms with van der Waals surface area (Å²) in [6.07, 6.45) is -2.62. The first-order valence-electron chi connectivity index (χ1n) is 24.5. The number of alkyl halides is 3. The third kappa shape index (κ3) is 9.13. The molecule has 0 atom stereocenters. The molecule has 1 radical (unpaired) electrons. The predicted molar refractivity (Wildman–Crippen MR) is 291 cm³/mol. The van der Waals surface area contributed by atoms with Gasteiger partial charge in [0.15, 0.2) is 0 Å². The average molecular weight is 1140 g/mol. The fraction of sp³-hybridized carbons (Fsp3) is 0.169. The van der Waals surface area contributed by atoms with Crippen LogP contribution in [0.4, 0.5) is 13.2 Å². The molecule has 0 aliphatic heterocycles. The molecule has 0 fully saturated rings. The second-order valence-corrected chi connectivity index (χ2v) is 20.3. The van der Waals surface area contributed by atoms with Crippen LogP contribution in [0.3, 0.4) is 0 Å². The van der Waals surface area contributed by atoms with Crippen molar-refractivity contribution in [1.82, 2.24) is 14.5 Å². The van der Waals surface area contributed by atoms with Gasteiger partial charge in [0.1, 0.15) is 5.58 Å². The molecule has 0 spiro atoms. The van der Waals surface area contributed by atoms with Gasteiger partial charge in [-0.05, 0) is 120 Å². The van der Waals surface area contributed by atoms with Gasteiger partial charge >= 0.3 is 6.18 Å². The number of halogens is 3. The van der Waals surface area contributed by atoms with Crippen LogP contribution in [0.5, 0.6) is 0 Å². The van der Waals surface area contributed by atoms with E-state index < -0.39 is 11.7 Å². The molecule has 0 saturated carbocycles. The zero-order valence-corrected chi connectivity index (χ0v) is 44.0. The van der Waals surface area contributed by atoms with Gasteiger partial charge in [-0.25, -0.2) is 0 Å². The molecule has 365 valence electrons. The minimum absolute atomic E-state index is 0. The molecule has 0 unspecified atom stereocenters. The van der Waals surface area contributed by atoms with Gasteiger partial charge in [-0.3, -0.25) is 4.98 Å². The van der Waals surface area contributed by atoms with Crippen molar-refractivity contribution in [1.29, 1.82) is 0 Å². The Hall–Kier alpha value is -7.38. The van der Waals surface area contributed by atoms with E-state index in [1.807, 2.05) is 48.7 Å². The van der Waals surface area contributed by atoms with Crippen molar-refractivity contribution in [3.8, 4) is 39.5 Å². The van der Waals surface area contributed by atoms with E-state index in [-0.39, 0.29) is 42.7 Å². The van der Waals surface area contributed by atoms with E-state index >= 15 is 0 Å². The van der Waals surface area contributed by atoms with Crippen molar-refractivity contribution in [3.63, 3.8) is 0 Å². The molecule has 12 aromatic rings. The molecule has 0 bridgehead atoms. The first-order valence-corrected chi connectivity index (χ1v) is 24.5. The van der Waals surface area contributed by atoms with Crippen LogP contribution in [0.15, 0.2) is 180 Å². The summed E-state index contributed by atoms with van der Waals surface area (Å²) in [6, 6.07) is 62.3. The Kier molecular flexibility index (Phi) is 13.0. The molecule has 73 heavy (non-hydrogen) atoms. The summed E-state index contributed by atoms with van der Waals surface area (Å²) in [7, 11) is 0. The minimum Gasteiger partial charge on any atom is -0.500 e. The van der Waals surface area contributed by atoms with Crippen LogP contribution in [0.1, 0.15) is 82.6 Å². The van der Waals surface area contributed by atoms with Crippen LogP contribution in [-0.4, -0.2) is 14.5 Å². The summed E-state index contributed by atoms with van der Waals surface area (Å²) in [5, 5.41) is 5.82. The third-order valence-corrected chi connectivity index (χ3v) is 13.8. The molecule has 0 amide bonds. The van der Waals surface area contributed by atoms with Crippen molar-refractivity contribution in [3.05, 3.63) is 210 Å². The van der Waals surface area contributed by atoms with Gasteiger partial charge in [0.25, 0.3) is 0 Å². The Balaban J connectivity index is 0.000000307. The topological polar surface area (TPSA) is 43.9 Å². The number of imidazole rings is 1. The summed E-state index contributed by atoms with van der Waals surface area (Å²) in [5.41, 5.74) is 12.6. The molecule has 3 aromatic heterocycles. The normalized spacial score (nSPS) is 12.1. The number of furan rings is 1. The van der Waals surface area contributed by atoms with Crippen molar-refractivity contribution in [2.24, 2.45) is 0 Å². The van der Waals surface area contributed by atoms with Gasteiger partial charge in [0, 0.05) is 42.8 Å². The van der Waals surface area contributed by atoms with Crippen molar-refractivity contribution >= 4 is 65.3 Å². The van der Waals surface area contributed by atoms with Gasteiger partial charge in [-0.1, -0.05) is 145 Å². The van der Waals surface area contributed by atoms with Gasteiger partial charge in [-0.15, -0.1) is 59.7 Å². The summed E-state index contributed by atoms with van der Waals surface area (Å²) in [4.78, 5) is 9.77. The smallest absolute Gasteiger partial charge is 0.417 e. The van der Waals surface area contributed by atoms with E-state index in [4.69, 9.17) is 9.40 Å². The van der Waals surface area contributed by atoms with E-state index in [0.29, 0.717) is 21.9 Å². The monoisotopic (exact) mass is 1140 g/mol. The molecule has 0 saturated heterocycles. The molecule has 8 heteroatoms. The van der Waals surface area contributed by atoms with Gasteiger partial charge in [0.05, 0.1) is 28.0 Å². The SMILES string of the molecule is CC(C)(C)c1ccnc(-c2[c-]cccc2)c1.CC(C)c1cc(-c2ccccc2)cc(C(C)C)c1-n1c(-c2[c-]cc3oc4cc5cc(C(F)(F)F)c6ccccc6c5cc4c3c2)nc2ccc3ccccc3c21.[Ir]. The molecule has 0 aliphatic rings. The number of fused-ring (bicyclic) bond motifs is 9. The quantitative estimate of drug-likeness (QED) is 0.123. The van der Waals surface area contributed by atoms with E-state index in [1.165, 1.54) is 33.9 Å². The van der Waals surface area contributed by atoms with E-state index in [2.05, 4.69) is 161 Å². The van der Waals surface area contributed by atoms with Gasteiger partial charge in [0.2, 0.25) is 0 Å². The summed E-state index contributed by atoms with van der Waals surface area (Å²) < 4.78 is 51.4. The van der Waals surface area contributed by atoms with E-state index in [9.17, 15) is 13.2 Å². The van der Waals surface area contributed by atoms with Crippen molar-refractivity contribution in [2.75, 3.05) is 0 Å². The maximum Gasteiger partial charge on any atom is 0.417 e. The van der Waals surface area contributed by atoms with Gasteiger partial charge < -0.3 is 14.0 Å². The molecule has 0 N–H and O–H groups in total. The minimum atomic E-state index is -4.50. The summed E-state index contributed by atoms with van der Waals surface area (Å²) in [6.45, 7) is 15.6. The van der Waals surface area contributed by atoms with Crippen LogP contribution in [0, 0.1) is 12.1 Å². The molecular weight excluding hydrogens is 1090 g/mol. The molecule has 9 aromatic carbocycles. The van der Waals surface area contributed by atoms with Gasteiger partial charge in [-0.2, -0.15) is 13.2 Å². The second kappa shape index (κ2) is 19.2. The largest absolute Gasteiger partial charge is 0.500 e. The Morgan fingerprint density at radius 1 is 0.562 bits per heavy atom. The van der Waals surface area contributed by atoms with Crippen LogP contribution >= 0.6 is 0 Å². The third-order valence-electron chi connectivity index (χ3n) is 13.8. The first-order chi connectivity index (χ1) is 34.6. The fourth-order valence-electron chi connectivity index (χ4n) is 10.1. The zero-order chi connectivity index (χ0) is 50.1. The van der Waals surface area contributed by atoms with Crippen LogP contribution in [0.25, 0.3) is 105 Å². The van der Waals surface area contributed by atoms with E-state index in [0.717, 1.165) is 66.3 Å². The van der Waals surface area contributed by atoms with Crippen molar-refractivity contribution in [2.45, 2.75) is 71.9 Å². The Morgan fingerprint density at radius 3 is 1.92 bits per heavy atom. The molecule has 4 nitrogen and oxygen atoms in total. The first kappa shape index (κ1) is 49.2. The zero-order valence-electron chi connectivity index (χ0n) is 41.6. The fourth-order valence-corrected chi connectivity index (χ4v) is 10.1. The molecule has 0 aliphatic carbocycles. The number of rotatable bonds is 6. The van der Waals surface area contributed by atoms with Crippen LogP contribution < -0.4 is 0 Å². The number of aromatic nitrogens is 3. The maximum absolute atomic E-state index is 14.3. The maximum atomic E-state index is 14.3. The summed E-state index contributed by atoms with van der Waals surface area (Å²) in [5.74, 6) is 1.14. The average Bonchev–Trinajstić information content (AvgIpc) is 3.95. The standard InChI is InChI=1S/C50H36F3N2O.C15H16N.Ir/c1-28(2)38-23-33(30-12-6-5-7-13-30)24-39(29(3)4)47(38)55-48-35-15-9-8-14-31(35)18-20-44(48)54-49(55)32-19-21-45-41(22-32)42-27-40-34(26-46(42)56-45)25-43(50(51,52)53)37-17-11-10-16-36(37)40;1-15(2,3)13-9-10-16-14(11-13)12-7-5-4-6-8-12;/h5-18,20-29H,1-4H3;4-7,9-11H,1-3H3;/q2*-1;. The second-order valence-electron chi connectivity index (χ2n) is 20.3. The van der Waals surface area contributed by atoms with Crippen LogP contribution in [0.2, 0.25) is 0 Å². The van der Waals surface area contributed by atoms with Crippen molar-refractivity contribution < 1.29 is 37.7 Å². The molecular formula is C65H52F3IrN3O-2. The number of benzene rings is 9. The summed E-state index contributed by atoms with van der Waals surface area (Å²) >= 11 is 0. The predicted octanol–water partition coefficient (Wildman–Crippen LogP) is 18.6. The number of hydrogen-bond acceptors (Lipinski definition) is 3.